The van der Waals surface area contributed by atoms with Crippen molar-refractivity contribution < 1.29 is 19.8 Å². The molecule has 0 amide bonds. The Labute approximate surface area is 317 Å². The van der Waals surface area contributed by atoms with Crippen LogP contribution in [0.2, 0.25) is 12.6 Å². The molecule has 0 fully saturated rings. The largest absolute Gasteiger partial charge is 0.481 e. The van der Waals surface area contributed by atoms with E-state index in [1.165, 1.54) is 53.4 Å². The number of benzene rings is 3. The van der Waals surface area contributed by atoms with E-state index in [9.17, 15) is 19.8 Å². The Balaban J connectivity index is 1.52. The molecule has 0 aliphatic carbocycles. The zero-order chi connectivity index (χ0) is 36.9. The van der Waals surface area contributed by atoms with Crippen molar-refractivity contribution in [1.29, 1.82) is 0 Å². The topological polar surface area (TPSA) is 80.9 Å². The van der Waals surface area contributed by atoms with Crippen LogP contribution in [0.25, 0.3) is 26.5 Å². The van der Waals surface area contributed by atoms with Gasteiger partial charge in [0.05, 0.1) is 28.0 Å². The van der Waals surface area contributed by atoms with Gasteiger partial charge < -0.3 is 15.1 Å². The number of rotatable bonds is 8. The molecule has 0 saturated carbocycles. The molecular formula is C42H43N2O4S3Si+. The molecule has 5 aromatic rings. The molecule has 1 unspecified atom stereocenters. The van der Waals surface area contributed by atoms with Crippen molar-refractivity contribution in [2.24, 2.45) is 0 Å². The number of anilines is 1. The molecule has 5 heterocycles. The highest BCUT2D eigenvalue weighted by atomic mass is 32.2. The smallest absolute Gasteiger partial charge is 0.336 e. The Morgan fingerprint density at radius 2 is 1.54 bits per heavy atom. The normalized spacial score (nSPS) is 18.9. The highest BCUT2D eigenvalue weighted by Crippen LogP contribution is 2.50. The van der Waals surface area contributed by atoms with E-state index in [0.717, 1.165) is 33.7 Å². The Hall–Kier alpha value is -3.96. The summed E-state index contributed by atoms with van der Waals surface area (Å²) in [6, 6.07) is 22.5. The maximum atomic E-state index is 13.0. The molecule has 8 rings (SSSR count). The summed E-state index contributed by atoms with van der Waals surface area (Å²) in [7, 11) is 1.81. The summed E-state index contributed by atoms with van der Waals surface area (Å²) in [5.74, 6) is -0.285. The summed E-state index contributed by atoms with van der Waals surface area (Å²) in [6.07, 6.45) is 0.146. The van der Waals surface area contributed by atoms with Gasteiger partial charge in [0.15, 0.2) is 5.54 Å². The van der Waals surface area contributed by atoms with Gasteiger partial charge in [-0.15, -0.1) is 22.7 Å². The van der Waals surface area contributed by atoms with E-state index in [-0.39, 0.29) is 17.5 Å². The predicted octanol–water partition coefficient (Wildman–Crippen LogP) is 6.86. The van der Waals surface area contributed by atoms with Crippen LogP contribution in [0.4, 0.5) is 5.69 Å². The lowest BCUT2D eigenvalue weighted by Gasteiger charge is -2.45. The van der Waals surface area contributed by atoms with Crippen LogP contribution in [0, 0.1) is 0 Å². The molecule has 266 valence electrons. The minimum atomic E-state index is -2.58. The Morgan fingerprint density at radius 1 is 0.846 bits per heavy atom. The summed E-state index contributed by atoms with van der Waals surface area (Å²) in [4.78, 5) is 29.3. The molecule has 3 aliphatic rings. The van der Waals surface area contributed by atoms with E-state index in [4.69, 9.17) is 0 Å². The monoisotopic (exact) mass is 763 g/mol. The molecule has 1 atom stereocenters. The van der Waals surface area contributed by atoms with Gasteiger partial charge in [-0.05, 0) is 111 Å². The number of carbonyl (C=O) groups is 2. The van der Waals surface area contributed by atoms with Crippen molar-refractivity contribution in [3.8, 4) is 20.9 Å². The number of carboxylic acid groups (broad SMARTS) is 2. The average Bonchev–Trinajstić information content (AvgIpc) is 3.82. The van der Waals surface area contributed by atoms with Gasteiger partial charge in [-0.1, -0.05) is 24.7 Å². The number of hydrogen-bond acceptors (Lipinski definition) is 6. The second-order valence-corrected chi connectivity index (χ2v) is 22.8. The van der Waals surface area contributed by atoms with Gasteiger partial charge in [-0.2, -0.15) is 11.8 Å². The Bertz CT molecular complexity index is 2480. The summed E-state index contributed by atoms with van der Waals surface area (Å²) < 4.78 is 2.41. The van der Waals surface area contributed by atoms with Crippen LogP contribution in [-0.4, -0.2) is 55.8 Å². The number of thioether (sulfide) groups is 1. The van der Waals surface area contributed by atoms with Crippen LogP contribution in [0.5, 0.6) is 0 Å². The quantitative estimate of drug-likeness (QED) is 0.102. The van der Waals surface area contributed by atoms with Gasteiger partial charge in [0.1, 0.15) is 15.1 Å². The molecule has 6 nitrogen and oxygen atoms in total. The molecule has 3 aliphatic heterocycles. The summed E-state index contributed by atoms with van der Waals surface area (Å²) in [5.41, 5.74) is 8.89. The molecule has 3 aromatic carbocycles. The minimum absolute atomic E-state index is 0.146. The highest BCUT2D eigenvalue weighted by molar-refractivity contribution is 7.99. The zero-order valence-corrected chi connectivity index (χ0v) is 34.0. The Morgan fingerprint density at radius 3 is 2.25 bits per heavy atom. The van der Waals surface area contributed by atoms with E-state index >= 15 is 0 Å². The van der Waals surface area contributed by atoms with E-state index in [1.54, 1.807) is 40.5 Å². The van der Waals surface area contributed by atoms with Crippen LogP contribution < -0.4 is 30.4 Å². The number of thiophene rings is 2. The van der Waals surface area contributed by atoms with Crippen molar-refractivity contribution in [2.45, 2.75) is 57.8 Å². The van der Waals surface area contributed by atoms with Gasteiger partial charge in [-0.3, -0.25) is 4.79 Å². The van der Waals surface area contributed by atoms with Gasteiger partial charge in [0.25, 0.3) is 0 Å². The highest BCUT2D eigenvalue weighted by Gasteiger charge is 2.45. The van der Waals surface area contributed by atoms with Crippen molar-refractivity contribution in [2.75, 3.05) is 30.5 Å². The standard InChI is InChI=1S/C42H42N2O4S3Si/c1-41(2)30-12-16-50-38(30)26-20-28-34(22-32(26)43(41)5)52(7,19-18-49-15-14-36(45)46)35-23-33-27(39-31(13-17-51-39)42(3,4)44(33)6)21-29(35)37(28)24-10-8-9-11-25(24)40(47)48/h8-13,16-17,20-23H,14-15,18-19H2,1-7H3,(H-,45,46,47,48)/p+1. The lowest BCUT2D eigenvalue weighted by atomic mass is 9.83. The van der Waals surface area contributed by atoms with E-state index in [0.29, 0.717) is 11.3 Å². The van der Waals surface area contributed by atoms with Crippen LogP contribution in [0.3, 0.4) is 0 Å². The fourth-order valence-corrected chi connectivity index (χ4v) is 16.9. The van der Waals surface area contributed by atoms with Crippen molar-refractivity contribution in [3.63, 3.8) is 0 Å². The first-order chi connectivity index (χ1) is 24.7. The third kappa shape index (κ3) is 5.05. The minimum Gasteiger partial charge on any atom is -0.481 e. The van der Waals surface area contributed by atoms with E-state index in [1.807, 2.05) is 18.2 Å². The molecular weight excluding hydrogens is 721 g/mol. The first kappa shape index (κ1) is 35.1. The number of fused-ring (bicyclic) bond motifs is 8. The third-order valence-corrected chi connectivity index (χ3v) is 19.9. The van der Waals surface area contributed by atoms with E-state index in [2.05, 4.69) is 105 Å². The zero-order valence-electron chi connectivity index (χ0n) is 30.6. The van der Waals surface area contributed by atoms with E-state index < -0.39 is 20.0 Å². The molecule has 0 bridgehead atoms. The van der Waals surface area contributed by atoms with Crippen molar-refractivity contribution in [3.05, 3.63) is 110 Å². The number of nitrogens with zero attached hydrogens (tertiary/aromatic N) is 2. The average molecular weight is 764 g/mol. The lowest BCUT2D eigenvalue weighted by Crippen LogP contribution is -2.66. The fourth-order valence-electron chi connectivity index (χ4n) is 8.66. The number of aromatic carboxylic acids is 1. The van der Waals surface area contributed by atoms with Gasteiger partial charge >= 0.3 is 11.9 Å². The number of aliphatic carboxylic acids is 1. The second-order valence-electron chi connectivity index (χ2n) is 15.5. The molecule has 0 radical (unpaired) electrons. The lowest BCUT2D eigenvalue weighted by molar-refractivity contribution is -0.136. The summed E-state index contributed by atoms with van der Waals surface area (Å²) >= 11 is 5.27. The van der Waals surface area contributed by atoms with Crippen molar-refractivity contribution in [1.82, 2.24) is 4.58 Å². The van der Waals surface area contributed by atoms with Crippen molar-refractivity contribution >= 4 is 76.1 Å². The predicted molar refractivity (Wildman–Crippen MR) is 221 cm³/mol. The first-order valence-electron chi connectivity index (χ1n) is 17.7. The molecule has 0 saturated heterocycles. The number of hydrogen-bond donors (Lipinski definition) is 2. The first-order valence-corrected chi connectivity index (χ1v) is 23.3. The van der Waals surface area contributed by atoms with Crippen LogP contribution in [0.1, 0.15) is 66.7 Å². The summed E-state index contributed by atoms with van der Waals surface area (Å²) in [6.45, 7) is 11.6. The molecule has 2 aromatic heterocycles. The Kier molecular flexibility index (Phi) is 8.30. The maximum Gasteiger partial charge on any atom is 0.336 e. The van der Waals surface area contributed by atoms with Gasteiger partial charge in [-0.25, -0.2) is 9.37 Å². The number of carboxylic acids is 2. The molecule has 0 spiro atoms. The van der Waals surface area contributed by atoms with Crippen LogP contribution in [-0.2, 0) is 15.9 Å². The maximum absolute atomic E-state index is 13.0. The third-order valence-electron chi connectivity index (χ3n) is 12.2. The SMILES string of the molecule is CN1c2cc3c(cc2-c2sccc2C1(C)C)C(c1ccccc1C(=O)O)=c1cc2c(cc1[Si]3(C)CCSCCC(=O)O)=[N+](C)C(C)(C)c1ccsc1-2. The second kappa shape index (κ2) is 12.3. The van der Waals surface area contributed by atoms with Crippen LogP contribution >= 0.6 is 34.4 Å². The molecule has 10 heteroatoms. The summed E-state index contributed by atoms with van der Waals surface area (Å²) in [5, 5.41) is 29.3. The molecule has 52 heavy (non-hydrogen) atoms. The van der Waals surface area contributed by atoms with Gasteiger partial charge in [0, 0.05) is 54.4 Å². The van der Waals surface area contributed by atoms with Gasteiger partial charge in [0.2, 0.25) is 5.36 Å². The fraction of sp³-hybridized carbons (Fsp3) is 0.310. The molecule has 2 N–H and O–H groups in total. The van der Waals surface area contributed by atoms with Crippen LogP contribution in [0.15, 0.2) is 71.4 Å².